The third-order valence-corrected chi connectivity index (χ3v) is 4.07. The Morgan fingerprint density at radius 3 is 2.58 bits per heavy atom. The first kappa shape index (κ1) is 13.9. The Bertz CT molecular complexity index is 407. The number of carbonyl (C=O) groups is 1. The number of benzene rings is 1. The molecule has 19 heavy (non-hydrogen) atoms. The van der Waals surface area contributed by atoms with E-state index in [0.29, 0.717) is 6.42 Å². The van der Waals surface area contributed by atoms with E-state index in [1.54, 1.807) is 0 Å². The number of nitrogens with two attached hydrogens (primary N) is 1. The van der Waals surface area contributed by atoms with Crippen molar-refractivity contribution < 1.29 is 4.79 Å². The fraction of sp³-hybridized carbons (Fsp3) is 0.562. The third kappa shape index (κ3) is 4.27. The average Bonchev–Trinajstić information content (AvgIpc) is 2.90. The molecular weight excluding hydrogens is 236 g/mol. The lowest BCUT2D eigenvalue weighted by atomic mass is 10.0. The van der Waals surface area contributed by atoms with Crippen LogP contribution in [0.5, 0.6) is 0 Å². The molecule has 0 radical (unpaired) electrons. The number of hydrogen-bond acceptors (Lipinski definition) is 2. The predicted molar refractivity (Wildman–Crippen MR) is 78.6 cm³/mol. The Hall–Kier alpha value is -1.51. The van der Waals surface area contributed by atoms with Gasteiger partial charge in [0.2, 0.25) is 5.91 Å². The van der Waals surface area contributed by atoms with E-state index in [1.807, 2.05) is 31.2 Å². The summed E-state index contributed by atoms with van der Waals surface area (Å²) in [6.07, 6.45) is 6.99. The van der Waals surface area contributed by atoms with E-state index in [9.17, 15) is 4.79 Å². The zero-order valence-corrected chi connectivity index (χ0v) is 11.7. The summed E-state index contributed by atoms with van der Waals surface area (Å²) in [5, 5.41) is 3.06. The van der Waals surface area contributed by atoms with Crippen molar-refractivity contribution in [3.63, 3.8) is 0 Å². The minimum absolute atomic E-state index is 0.0525. The van der Waals surface area contributed by atoms with Crippen molar-refractivity contribution in [1.29, 1.82) is 0 Å². The molecule has 104 valence electrons. The minimum atomic E-state index is 0.0525. The molecule has 3 heteroatoms. The van der Waals surface area contributed by atoms with Crippen LogP contribution in [0.2, 0.25) is 0 Å². The Morgan fingerprint density at radius 1 is 1.32 bits per heavy atom. The molecule has 0 aromatic heterocycles. The van der Waals surface area contributed by atoms with Gasteiger partial charge in [0.15, 0.2) is 0 Å². The number of rotatable bonds is 5. The van der Waals surface area contributed by atoms with E-state index in [4.69, 9.17) is 5.73 Å². The van der Waals surface area contributed by atoms with Gasteiger partial charge in [-0.1, -0.05) is 37.8 Å². The van der Waals surface area contributed by atoms with Crippen LogP contribution in [0.3, 0.4) is 0 Å². The van der Waals surface area contributed by atoms with Crippen LogP contribution in [0.25, 0.3) is 0 Å². The van der Waals surface area contributed by atoms with Gasteiger partial charge in [0.25, 0.3) is 0 Å². The number of nitrogens with one attached hydrogen (secondary N) is 1. The van der Waals surface area contributed by atoms with Gasteiger partial charge < -0.3 is 11.1 Å². The van der Waals surface area contributed by atoms with Gasteiger partial charge in [0, 0.05) is 12.1 Å². The number of nitrogen functional groups attached to an aromatic ring is 1. The fourth-order valence-corrected chi connectivity index (χ4v) is 2.82. The van der Waals surface area contributed by atoms with Crippen LogP contribution >= 0.6 is 0 Å². The normalized spacial score (nSPS) is 17.3. The fourth-order valence-electron chi connectivity index (χ4n) is 2.82. The van der Waals surface area contributed by atoms with E-state index in [1.165, 1.54) is 25.7 Å². The van der Waals surface area contributed by atoms with Gasteiger partial charge in [-0.15, -0.1) is 0 Å². The molecule has 1 amide bonds. The first-order valence-corrected chi connectivity index (χ1v) is 7.30. The highest BCUT2D eigenvalue weighted by Crippen LogP contribution is 2.28. The maximum absolute atomic E-state index is 11.9. The number of anilines is 1. The molecule has 1 atom stereocenters. The van der Waals surface area contributed by atoms with Crippen LogP contribution in [-0.2, 0) is 4.79 Å². The number of amides is 1. The van der Waals surface area contributed by atoms with E-state index in [2.05, 4.69) is 5.32 Å². The first-order chi connectivity index (χ1) is 9.15. The Balaban J connectivity index is 1.76. The van der Waals surface area contributed by atoms with Crippen molar-refractivity contribution >= 4 is 11.6 Å². The monoisotopic (exact) mass is 260 g/mol. The second-order valence-electron chi connectivity index (χ2n) is 5.65. The van der Waals surface area contributed by atoms with Crippen LogP contribution in [0.4, 0.5) is 5.69 Å². The SMILES string of the molecule is CC(NC(=O)CCC1CCCC1)c1ccc(N)cc1. The van der Waals surface area contributed by atoms with Crippen molar-refractivity contribution in [3.05, 3.63) is 29.8 Å². The van der Waals surface area contributed by atoms with Crippen molar-refractivity contribution in [1.82, 2.24) is 5.32 Å². The summed E-state index contributed by atoms with van der Waals surface area (Å²) >= 11 is 0. The lowest BCUT2D eigenvalue weighted by Gasteiger charge is -2.15. The van der Waals surface area contributed by atoms with Gasteiger partial charge in [0.05, 0.1) is 6.04 Å². The largest absolute Gasteiger partial charge is 0.399 e. The summed E-state index contributed by atoms with van der Waals surface area (Å²) in [7, 11) is 0. The average molecular weight is 260 g/mol. The van der Waals surface area contributed by atoms with E-state index < -0.39 is 0 Å². The van der Waals surface area contributed by atoms with Crippen LogP contribution < -0.4 is 11.1 Å². The number of hydrogen-bond donors (Lipinski definition) is 2. The molecular formula is C16H24N2O. The Kier molecular flexibility index (Phi) is 4.83. The maximum Gasteiger partial charge on any atom is 0.220 e. The standard InChI is InChI=1S/C16H24N2O/c1-12(14-7-9-15(17)10-8-14)18-16(19)11-6-13-4-2-3-5-13/h7-10,12-13H,2-6,11,17H2,1H3,(H,18,19). The summed E-state index contributed by atoms with van der Waals surface area (Å²) in [5.41, 5.74) is 7.51. The molecule has 1 fully saturated rings. The highest BCUT2D eigenvalue weighted by Gasteiger charge is 2.17. The number of carbonyl (C=O) groups excluding carboxylic acids is 1. The van der Waals surface area contributed by atoms with Gasteiger partial charge in [-0.05, 0) is 37.0 Å². The summed E-state index contributed by atoms with van der Waals surface area (Å²) < 4.78 is 0. The maximum atomic E-state index is 11.9. The zero-order chi connectivity index (χ0) is 13.7. The van der Waals surface area contributed by atoms with Crippen molar-refractivity contribution in [3.8, 4) is 0 Å². The van der Waals surface area contributed by atoms with E-state index >= 15 is 0 Å². The molecule has 3 N–H and O–H groups in total. The minimum Gasteiger partial charge on any atom is -0.399 e. The molecule has 0 spiro atoms. The van der Waals surface area contributed by atoms with E-state index in [-0.39, 0.29) is 11.9 Å². The molecule has 1 aliphatic rings. The van der Waals surface area contributed by atoms with Gasteiger partial charge >= 0.3 is 0 Å². The van der Waals surface area contributed by atoms with Gasteiger partial charge in [-0.2, -0.15) is 0 Å². The first-order valence-electron chi connectivity index (χ1n) is 7.30. The summed E-state index contributed by atoms with van der Waals surface area (Å²) in [6, 6.07) is 7.73. The Labute approximate surface area is 115 Å². The summed E-state index contributed by atoms with van der Waals surface area (Å²) in [4.78, 5) is 11.9. The van der Waals surface area contributed by atoms with E-state index in [0.717, 1.165) is 23.6 Å². The molecule has 1 aromatic carbocycles. The second-order valence-corrected chi connectivity index (χ2v) is 5.65. The highest BCUT2D eigenvalue weighted by atomic mass is 16.1. The summed E-state index contributed by atoms with van der Waals surface area (Å²) in [5.74, 6) is 0.939. The van der Waals surface area contributed by atoms with Crippen LogP contribution in [0.1, 0.15) is 57.1 Å². The Morgan fingerprint density at radius 2 is 1.95 bits per heavy atom. The smallest absolute Gasteiger partial charge is 0.220 e. The topological polar surface area (TPSA) is 55.1 Å². The van der Waals surface area contributed by atoms with Crippen LogP contribution in [0.15, 0.2) is 24.3 Å². The van der Waals surface area contributed by atoms with Gasteiger partial charge in [-0.3, -0.25) is 4.79 Å². The molecule has 1 aromatic rings. The molecule has 2 rings (SSSR count). The highest BCUT2D eigenvalue weighted by molar-refractivity contribution is 5.76. The molecule has 0 saturated heterocycles. The molecule has 1 aliphatic carbocycles. The van der Waals surface area contributed by atoms with Crippen LogP contribution in [-0.4, -0.2) is 5.91 Å². The van der Waals surface area contributed by atoms with Crippen molar-refractivity contribution in [2.45, 2.75) is 51.5 Å². The quantitative estimate of drug-likeness (QED) is 0.797. The molecule has 3 nitrogen and oxygen atoms in total. The zero-order valence-electron chi connectivity index (χ0n) is 11.7. The molecule has 0 bridgehead atoms. The molecule has 0 aliphatic heterocycles. The lowest BCUT2D eigenvalue weighted by Crippen LogP contribution is -2.26. The van der Waals surface area contributed by atoms with Gasteiger partial charge in [-0.25, -0.2) is 0 Å². The van der Waals surface area contributed by atoms with Crippen molar-refractivity contribution in [2.24, 2.45) is 5.92 Å². The molecule has 1 saturated carbocycles. The third-order valence-electron chi connectivity index (χ3n) is 4.07. The van der Waals surface area contributed by atoms with Crippen molar-refractivity contribution in [2.75, 3.05) is 5.73 Å². The summed E-state index contributed by atoms with van der Waals surface area (Å²) in [6.45, 7) is 2.01. The molecule has 1 unspecified atom stereocenters. The predicted octanol–water partition coefficient (Wildman–Crippen LogP) is 3.42. The lowest BCUT2D eigenvalue weighted by molar-refractivity contribution is -0.122. The van der Waals surface area contributed by atoms with Gasteiger partial charge in [0.1, 0.15) is 0 Å². The van der Waals surface area contributed by atoms with Crippen LogP contribution in [0, 0.1) is 5.92 Å². The second kappa shape index (κ2) is 6.60. The molecule has 0 heterocycles.